The molecule has 0 saturated carbocycles. The maximum atomic E-state index is 8.80. The SMILES string of the molecule is Cc1ccccc1CC(C)NCc1cn(CCCO)nn1. The molecule has 0 saturated heterocycles. The Balaban J connectivity index is 1.79. The maximum absolute atomic E-state index is 8.80. The van der Waals surface area contributed by atoms with Gasteiger partial charge in [0.2, 0.25) is 0 Å². The van der Waals surface area contributed by atoms with Crippen LogP contribution in [-0.2, 0) is 19.5 Å². The van der Waals surface area contributed by atoms with E-state index in [1.165, 1.54) is 11.1 Å². The third kappa shape index (κ3) is 4.95. The second kappa shape index (κ2) is 7.90. The molecule has 1 atom stereocenters. The molecular weight excluding hydrogens is 264 g/mol. The number of aliphatic hydroxyl groups excluding tert-OH is 1. The van der Waals surface area contributed by atoms with Crippen LogP contribution in [0.2, 0.25) is 0 Å². The van der Waals surface area contributed by atoms with Crippen molar-refractivity contribution in [3.63, 3.8) is 0 Å². The summed E-state index contributed by atoms with van der Waals surface area (Å²) in [5, 5.41) is 20.5. The quantitative estimate of drug-likeness (QED) is 0.776. The van der Waals surface area contributed by atoms with Gasteiger partial charge in [-0.3, -0.25) is 4.68 Å². The lowest BCUT2D eigenvalue weighted by Crippen LogP contribution is -2.28. The van der Waals surface area contributed by atoms with Gasteiger partial charge in [0, 0.05) is 31.9 Å². The van der Waals surface area contributed by atoms with Gasteiger partial charge in [-0.1, -0.05) is 29.5 Å². The Morgan fingerprint density at radius 1 is 1.33 bits per heavy atom. The van der Waals surface area contributed by atoms with Crippen molar-refractivity contribution >= 4 is 0 Å². The second-order valence-electron chi connectivity index (χ2n) is 5.46. The summed E-state index contributed by atoms with van der Waals surface area (Å²) in [6, 6.07) is 8.87. The molecule has 0 spiro atoms. The fraction of sp³-hybridized carbons (Fsp3) is 0.500. The second-order valence-corrected chi connectivity index (χ2v) is 5.46. The molecule has 2 N–H and O–H groups in total. The van der Waals surface area contributed by atoms with E-state index < -0.39 is 0 Å². The number of benzene rings is 1. The number of aliphatic hydroxyl groups is 1. The molecule has 0 aliphatic heterocycles. The highest BCUT2D eigenvalue weighted by molar-refractivity contribution is 5.26. The van der Waals surface area contributed by atoms with Gasteiger partial charge in [-0.25, -0.2) is 0 Å². The molecule has 0 amide bonds. The zero-order valence-corrected chi connectivity index (χ0v) is 12.8. The van der Waals surface area contributed by atoms with Gasteiger partial charge in [0.05, 0.1) is 5.69 Å². The average molecular weight is 288 g/mol. The number of aryl methyl sites for hydroxylation is 2. The maximum Gasteiger partial charge on any atom is 0.0964 e. The van der Waals surface area contributed by atoms with Crippen molar-refractivity contribution in [2.75, 3.05) is 6.61 Å². The van der Waals surface area contributed by atoms with Gasteiger partial charge in [-0.2, -0.15) is 0 Å². The Morgan fingerprint density at radius 2 is 2.14 bits per heavy atom. The van der Waals surface area contributed by atoms with Gasteiger partial charge in [0.15, 0.2) is 0 Å². The fourth-order valence-electron chi connectivity index (χ4n) is 2.28. The van der Waals surface area contributed by atoms with Crippen molar-refractivity contribution in [3.05, 3.63) is 47.3 Å². The molecule has 5 heteroatoms. The number of nitrogens with one attached hydrogen (secondary N) is 1. The summed E-state index contributed by atoms with van der Waals surface area (Å²) < 4.78 is 1.78. The highest BCUT2D eigenvalue weighted by Gasteiger charge is 2.07. The third-order valence-corrected chi connectivity index (χ3v) is 3.55. The first kappa shape index (κ1) is 15.7. The number of rotatable bonds is 8. The first-order chi connectivity index (χ1) is 10.2. The van der Waals surface area contributed by atoms with E-state index in [9.17, 15) is 0 Å². The summed E-state index contributed by atoms with van der Waals surface area (Å²) in [6.45, 7) is 5.94. The van der Waals surface area contributed by atoms with Gasteiger partial charge >= 0.3 is 0 Å². The topological polar surface area (TPSA) is 63.0 Å². The summed E-state index contributed by atoms with van der Waals surface area (Å²) in [7, 11) is 0. The lowest BCUT2D eigenvalue weighted by atomic mass is 10.0. The Labute approximate surface area is 126 Å². The monoisotopic (exact) mass is 288 g/mol. The molecule has 114 valence electrons. The lowest BCUT2D eigenvalue weighted by molar-refractivity contribution is 0.276. The number of nitrogens with zero attached hydrogens (tertiary/aromatic N) is 3. The number of aromatic nitrogens is 3. The zero-order chi connectivity index (χ0) is 15.1. The van der Waals surface area contributed by atoms with Crippen LogP contribution in [0.5, 0.6) is 0 Å². The summed E-state index contributed by atoms with van der Waals surface area (Å²) in [4.78, 5) is 0. The van der Waals surface area contributed by atoms with Gasteiger partial charge < -0.3 is 10.4 Å². The van der Waals surface area contributed by atoms with E-state index in [0.717, 1.165) is 12.1 Å². The summed E-state index contributed by atoms with van der Waals surface area (Å²) in [6.07, 6.45) is 3.65. The molecule has 2 rings (SSSR count). The molecule has 5 nitrogen and oxygen atoms in total. The summed E-state index contributed by atoms with van der Waals surface area (Å²) in [5.74, 6) is 0. The van der Waals surface area contributed by atoms with E-state index in [1.54, 1.807) is 4.68 Å². The third-order valence-electron chi connectivity index (χ3n) is 3.55. The van der Waals surface area contributed by atoms with Crippen molar-refractivity contribution < 1.29 is 5.11 Å². The highest BCUT2D eigenvalue weighted by Crippen LogP contribution is 2.09. The molecule has 0 aliphatic carbocycles. The van der Waals surface area contributed by atoms with Crippen molar-refractivity contribution in [1.29, 1.82) is 0 Å². The molecule has 0 radical (unpaired) electrons. The van der Waals surface area contributed by atoms with Gasteiger partial charge in [-0.15, -0.1) is 5.10 Å². The van der Waals surface area contributed by atoms with Crippen LogP contribution in [0.15, 0.2) is 30.5 Å². The number of hydrogen-bond donors (Lipinski definition) is 2. The molecule has 0 fully saturated rings. The van der Waals surface area contributed by atoms with Crippen molar-refractivity contribution in [2.45, 2.75) is 45.8 Å². The van der Waals surface area contributed by atoms with Crippen molar-refractivity contribution in [3.8, 4) is 0 Å². The molecule has 21 heavy (non-hydrogen) atoms. The lowest BCUT2D eigenvalue weighted by Gasteiger charge is -2.14. The molecule has 1 aromatic carbocycles. The number of hydrogen-bond acceptors (Lipinski definition) is 4. The minimum absolute atomic E-state index is 0.181. The molecule has 0 aliphatic rings. The van der Waals surface area contributed by atoms with Gasteiger partial charge in [-0.05, 0) is 37.8 Å². The van der Waals surface area contributed by atoms with Crippen molar-refractivity contribution in [1.82, 2.24) is 20.3 Å². The predicted molar refractivity (Wildman–Crippen MR) is 82.9 cm³/mol. The molecular formula is C16H24N4O. The predicted octanol–water partition coefficient (Wildman–Crippen LogP) is 1.69. The minimum Gasteiger partial charge on any atom is -0.396 e. The van der Waals surface area contributed by atoms with Crippen LogP contribution in [-0.4, -0.2) is 32.7 Å². The van der Waals surface area contributed by atoms with Gasteiger partial charge in [0.25, 0.3) is 0 Å². The first-order valence-corrected chi connectivity index (χ1v) is 7.47. The molecule has 1 heterocycles. The molecule has 1 unspecified atom stereocenters. The Bertz CT molecular complexity index is 553. The standard InChI is InChI=1S/C16H24N4O/c1-13-6-3-4-7-15(13)10-14(2)17-11-16-12-20(19-18-16)8-5-9-21/h3-4,6-7,12,14,17,21H,5,8-11H2,1-2H3. The fourth-order valence-corrected chi connectivity index (χ4v) is 2.28. The van der Waals surface area contributed by atoms with E-state index in [2.05, 4.69) is 53.7 Å². The van der Waals surface area contributed by atoms with E-state index >= 15 is 0 Å². The van der Waals surface area contributed by atoms with Crippen LogP contribution in [0.1, 0.15) is 30.2 Å². The average Bonchev–Trinajstić information content (AvgIpc) is 2.93. The summed E-state index contributed by atoms with van der Waals surface area (Å²) >= 11 is 0. The van der Waals surface area contributed by atoms with Crippen LogP contribution < -0.4 is 5.32 Å². The normalized spacial score (nSPS) is 12.5. The van der Waals surface area contributed by atoms with Crippen LogP contribution in [0.25, 0.3) is 0 Å². The van der Waals surface area contributed by atoms with Crippen LogP contribution in [0, 0.1) is 6.92 Å². The van der Waals surface area contributed by atoms with Crippen LogP contribution in [0.4, 0.5) is 0 Å². The zero-order valence-electron chi connectivity index (χ0n) is 12.8. The van der Waals surface area contributed by atoms with Crippen molar-refractivity contribution in [2.24, 2.45) is 0 Å². The largest absolute Gasteiger partial charge is 0.396 e. The van der Waals surface area contributed by atoms with Gasteiger partial charge in [0.1, 0.15) is 0 Å². The minimum atomic E-state index is 0.181. The smallest absolute Gasteiger partial charge is 0.0964 e. The molecule has 0 bridgehead atoms. The Hall–Kier alpha value is -1.72. The van der Waals surface area contributed by atoms with Crippen LogP contribution >= 0.6 is 0 Å². The molecule has 1 aromatic heterocycles. The van der Waals surface area contributed by atoms with E-state index in [1.807, 2.05) is 6.20 Å². The van der Waals surface area contributed by atoms with E-state index in [4.69, 9.17) is 5.11 Å². The van der Waals surface area contributed by atoms with Crippen LogP contribution in [0.3, 0.4) is 0 Å². The Kier molecular flexibility index (Phi) is 5.90. The summed E-state index contributed by atoms with van der Waals surface area (Å²) in [5.41, 5.74) is 3.65. The van der Waals surface area contributed by atoms with E-state index in [-0.39, 0.29) is 6.61 Å². The molecule has 2 aromatic rings. The van der Waals surface area contributed by atoms with E-state index in [0.29, 0.717) is 25.6 Å². The Morgan fingerprint density at radius 3 is 2.90 bits per heavy atom. The first-order valence-electron chi connectivity index (χ1n) is 7.47. The highest BCUT2D eigenvalue weighted by atomic mass is 16.3.